The third-order valence-electron chi connectivity index (χ3n) is 3.52. The predicted octanol–water partition coefficient (Wildman–Crippen LogP) is 4.24. The van der Waals surface area contributed by atoms with Crippen LogP contribution in [0, 0.1) is 11.8 Å². The maximum absolute atomic E-state index is 11.5. The highest BCUT2D eigenvalue weighted by Crippen LogP contribution is 2.34. The van der Waals surface area contributed by atoms with Crippen molar-refractivity contribution in [3.05, 3.63) is 58.6 Å². The molecule has 0 atom stereocenters. The second-order valence-corrected chi connectivity index (χ2v) is 4.82. The SMILES string of the molecule is Cc1cccc2c(-c3ccc(N=O)cc3)c(C(=O)O)[nH]c12. The number of nitrogens with one attached hydrogen (secondary N) is 1. The molecule has 0 saturated carbocycles. The zero-order chi connectivity index (χ0) is 15.0. The predicted molar refractivity (Wildman–Crippen MR) is 80.9 cm³/mol. The number of carboxylic acids is 1. The molecule has 3 rings (SSSR count). The lowest BCUT2D eigenvalue weighted by molar-refractivity contribution is 0.0692. The molecule has 2 N–H and O–H groups in total. The van der Waals surface area contributed by atoms with Crippen molar-refractivity contribution in [3.8, 4) is 11.1 Å². The number of aromatic nitrogens is 1. The van der Waals surface area contributed by atoms with Crippen molar-refractivity contribution in [1.29, 1.82) is 0 Å². The van der Waals surface area contributed by atoms with E-state index in [1.807, 2.05) is 25.1 Å². The van der Waals surface area contributed by atoms with Crippen LogP contribution in [-0.4, -0.2) is 16.1 Å². The average molecular weight is 280 g/mol. The summed E-state index contributed by atoms with van der Waals surface area (Å²) in [5, 5.41) is 13.1. The van der Waals surface area contributed by atoms with E-state index in [4.69, 9.17) is 0 Å². The van der Waals surface area contributed by atoms with E-state index in [9.17, 15) is 14.8 Å². The van der Waals surface area contributed by atoms with Crippen molar-refractivity contribution >= 4 is 22.6 Å². The van der Waals surface area contributed by atoms with E-state index in [1.54, 1.807) is 24.3 Å². The molecule has 0 radical (unpaired) electrons. The van der Waals surface area contributed by atoms with Crippen molar-refractivity contribution in [2.24, 2.45) is 5.18 Å². The normalized spacial score (nSPS) is 10.7. The van der Waals surface area contributed by atoms with Crippen LogP contribution in [0.3, 0.4) is 0 Å². The van der Waals surface area contributed by atoms with Crippen LogP contribution in [0.5, 0.6) is 0 Å². The highest BCUT2D eigenvalue weighted by atomic mass is 16.4. The summed E-state index contributed by atoms with van der Waals surface area (Å²) in [6.45, 7) is 1.92. The van der Waals surface area contributed by atoms with Gasteiger partial charge in [0, 0.05) is 16.5 Å². The summed E-state index contributed by atoms with van der Waals surface area (Å²) in [5.41, 5.74) is 3.60. The molecule has 0 aliphatic carbocycles. The van der Waals surface area contributed by atoms with Gasteiger partial charge in [-0.25, -0.2) is 4.79 Å². The standard InChI is InChI=1S/C16H12N2O3/c1-9-3-2-4-12-13(15(16(19)20)17-14(9)12)10-5-7-11(18-21)8-6-10/h2-8,17H,1H3,(H,19,20). The zero-order valence-electron chi connectivity index (χ0n) is 11.3. The summed E-state index contributed by atoms with van der Waals surface area (Å²) in [6, 6.07) is 12.2. The van der Waals surface area contributed by atoms with Crippen LogP contribution in [0.15, 0.2) is 47.6 Å². The van der Waals surface area contributed by atoms with Gasteiger partial charge in [-0.15, -0.1) is 4.91 Å². The van der Waals surface area contributed by atoms with Gasteiger partial charge in [0.1, 0.15) is 11.4 Å². The van der Waals surface area contributed by atoms with Gasteiger partial charge >= 0.3 is 5.97 Å². The minimum atomic E-state index is -1.02. The van der Waals surface area contributed by atoms with E-state index in [1.165, 1.54) is 0 Å². The summed E-state index contributed by atoms with van der Waals surface area (Å²) in [7, 11) is 0. The van der Waals surface area contributed by atoms with Crippen molar-refractivity contribution in [2.75, 3.05) is 0 Å². The van der Waals surface area contributed by atoms with Gasteiger partial charge in [-0.1, -0.05) is 30.3 Å². The van der Waals surface area contributed by atoms with Crippen molar-refractivity contribution in [1.82, 2.24) is 4.98 Å². The number of aromatic amines is 1. The molecule has 0 unspecified atom stereocenters. The Morgan fingerprint density at radius 3 is 2.48 bits per heavy atom. The van der Waals surface area contributed by atoms with Crippen LogP contribution in [0.4, 0.5) is 5.69 Å². The van der Waals surface area contributed by atoms with E-state index in [2.05, 4.69) is 10.2 Å². The highest BCUT2D eigenvalue weighted by Gasteiger charge is 2.19. The quantitative estimate of drug-likeness (QED) is 0.704. The Bertz CT molecular complexity index is 848. The maximum Gasteiger partial charge on any atom is 0.352 e. The van der Waals surface area contributed by atoms with Gasteiger partial charge in [0.2, 0.25) is 0 Å². The molecule has 104 valence electrons. The number of carboxylic acid groups (broad SMARTS) is 1. The third-order valence-corrected chi connectivity index (χ3v) is 3.52. The molecule has 0 aliphatic heterocycles. The minimum Gasteiger partial charge on any atom is -0.477 e. The molecular formula is C16H12N2O3. The third kappa shape index (κ3) is 2.08. The number of hydrogen-bond donors (Lipinski definition) is 2. The molecule has 0 fully saturated rings. The van der Waals surface area contributed by atoms with Crippen LogP contribution in [0.25, 0.3) is 22.0 Å². The summed E-state index contributed by atoms with van der Waals surface area (Å²) in [6.07, 6.45) is 0. The summed E-state index contributed by atoms with van der Waals surface area (Å²) in [4.78, 5) is 25.0. The molecule has 2 aromatic carbocycles. The molecular weight excluding hydrogens is 268 g/mol. The number of rotatable bonds is 3. The summed E-state index contributed by atoms with van der Waals surface area (Å²) >= 11 is 0. The molecule has 3 aromatic rings. The Labute approximate surface area is 120 Å². The molecule has 5 nitrogen and oxygen atoms in total. The van der Waals surface area contributed by atoms with E-state index in [0.29, 0.717) is 11.3 Å². The first-order valence-electron chi connectivity index (χ1n) is 6.40. The Hall–Kier alpha value is -2.95. The van der Waals surface area contributed by atoms with Gasteiger partial charge in [0.05, 0.1) is 0 Å². The van der Waals surface area contributed by atoms with Crippen LogP contribution in [0.1, 0.15) is 16.1 Å². The number of aromatic carboxylic acids is 1. The number of hydrogen-bond acceptors (Lipinski definition) is 3. The molecule has 21 heavy (non-hydrogen) atoms. The van der Waals surface area contributed by atoms with Gasteiger partial charge in [-0.3, -0.25) is 0 Å². The van der Waals surface area contributed by atoms with E-state index >= 15 is 0 Å². The van der Waals surface area contributed by atoms with Crippen molar-refractivity contribution in [2.45, 2.75) is 6.92 Å². The fraction of sp³-hybridized carbons (Fsp3) is 0.0625. The van der Waals surface area contributed by atoms with Gasteiger partial charge in [0.25, 0.3) is 0 Å². The Morgan fingerprint density at radius 2 is 1.86 bits per heavy atom. The first-order valence-corrected chi connectivity index (χ1v) is 6.40. The number of nitrogens with zero attached hydrogens (tertiary/aromatic N) is 1. The van der Waals surface area contributed by atoms with E-state index in [-0.39, 0.29) is 5.69 Å². The molecule has 5 heteroatoms. The molecule has 0 saturated heterocycles. The Kier molecular flexibility index (Phi) is 3.02. The van der Waals surface area contributed by atoms with Gasteiger partial charge in [-0.05, 0) is 35.4 Å². The number of benzene rings is 2. The van der Waals surface area contributed by atoms with Gasteiger partial charge in [0.15, 0.2) is 0 Å². The monoisotopic (exact) mass is 280 g/mol. The molecule has 1 aromatic heterocycles. The number of H-pyrrole nitrogens is 1. The summed E-state index contributed by atoms with van der Waals surface area (Å²) in [5.74, 6) is -1.02. The lowest BCUT2D eigenvalue weighted by Gasteiger charge is -2.02. The van der Waals surface area contributed by atoms with Crippen LogP contribution in [-0.2, 0) is 0 Å². The Morgan fingerprint density at radius 1 is 1.14 bits per heavy atom. The molecule has 1 heterocycles. The van der Waals surface area contributed by atoms with E-state index in [0.717, 1.165) is 22.0 Å². The van der Waals surface area contributed by atoms with Crippen LogP contribution < -0.4 is 0 Å². The first-order chi connectivity index (χ1) is 10.1. The summed E-state index contributed by atoms with van der Waals surface area (Å²) < 4.78 is 0. The number of carbonyl (C=O) groups is 1. The second kappa shape index (κ2) is 4.86. The highest BCUT2D eigenvalue weighted by molar-refractivity contribution is 6.08. The molecule has 0 bridgehead atoms. The minimum absolute atomic E-state index is 0.145. The van der Waals surface area contributed by atoms with Crippen molar-refractivity contribution in [3.63, 3.8) is 0 Å². The number of para-hydroxylation sites is 1. The molecule has 0 spiro atoms. The number of nitroso groups, excluding NO2 is 1. The van der Waals surface area contributed by atoms with Crippen LogP contribution in [0.2, 0.25) is 0 Å². The number of fused-ring (bicyclic) bond motifs is 1. The van der Waals surface area contributed by atoms with Crippen molar-refractivity contribution < 1.29 is 9.90 Å². The van der Waals surface area contributed by atoms with Gasteiger partial charge < -0.3 is 10.1 Å². The average Bonchev–Trinajstić information content (AvgIpc) is 2.88. The Balaban J connectivity index is 2.33. The fourth-order valence-corrected chi connectivity index (χ4v) is 2.51. The molecule has 0 aliphatic rings. The lowest BCUT2D eigenvalue weighted by Crippen LogP contribution is -1.98. The van der Waals surface area contributed by atoms with E-state index < -0.39 is 5.97 Å². The fourth-order valence-electron chi connectivity index (χ4n) is 2.51. The lowest BCUT2D eigenvalue weighted by atomic mass is 10.0. The van der Waals surface area contributed by atoms with Gasteiger partial charge in [-0.2, -0.15) is 0 Å². The van der Waals surface area contributed by atoms with Crippen LogP contribution >= 0.6 is 0 Å². The molecule has 0 amide bonds. The number of aryl methyl sites for hydroxylation is 1. The zero-order valence-corrected chi connectivity index (χ0v) is 11.3. The largest absolute Gasteiger partial charge is 0.477 e. The topological polar surface area (TPSA) is 82.5 Å². The second-order valence-electron chi connectivity index (χ2n) is 4.82. The smallest absolute Gasteiger partial charge is 0.352 e. The maximum atomic E-state index is 11.5. The first kappa shape index (κ1) is 13.1.